The van der Waals surface area contributed by atoms with E-state index in [1.54, 1.807) is 13.8 Å². The zero-order chi connectivity index (χ0) is 30.5. The van der Waals surface area contributed by atoms with Gasteiger partial charge in [0.1, 0.15) is 18.2 Å². The maximum Gasteiger partial charge on any atom is 0.326 e. The average molecular weight is 601 g/mol. The van der Waals surface area contributed by atoms with Crippen molar-refractivity contribution in [2.24, 2.45) is 0 Å². The van der Waals surface area contributed by atoms with Crippen LogP contribution < -0.4 is 21.8 Å². The molecule has 0 unspecified atom stereocenters. The molecule has 0 aliphatic heterocycles. The van der Waals surface area contributed by atoms with E-state index >= 15 is 0 Å². The van der Waals surface area contributed by atoms with Crippen LogP contribution in [0.3, 0.4) is 0 Å². The average Bonchev–Trinajstić information content (AvgIpc) is 2.94. The summed E-state index contributed by atoms with van der Waals surface area (Å²) in [7, 11) is 0. The first-order chi connectivity index (χ1) is 19.8. The lowest BCUT2D eigenvalue weighted by Crippen LogP contribution is -2.29. The van der Waals surface area contributed by atoms with Gasteiger partial charge in [0.15, 0.2) is 11.6 Å². The van der Waals surface area contributed by atoms with Crippen LogP contribution in [0.2, 0.25) is 5.15 Å². The molecule has 0 saturated carbocycles. The van der Waals surface area contributed by atoms with E-state index in [0.29, 0.717) is 46.1 Å². The zero-order valence-corrected chi connectivity index (χ0v) is 24.9. The van der Waals surface area contributed by atoms with Gasteiger partial charge in [-0.05, 0) is 40.5 Å². The summed E-state index contributed by atoms with van der Waals surface area (Å²) >= 11 is 5.89. The van der Waals surface area contributed by atoms with Gasteiger partial charge in [0, 0.05) is 51.9 Å². The van der Waals surface area contributed by atoms with E-state index in [-0.39, 0.29) is 42.0 Å². The Morgan fingerprint density at radius 2 is 1.34 bits per heavy atom. The lowest BCUT2D eigenvalue weighted by Gasteiger charge is -2.10. The molecule has 15 heteroatoms. The van der Waals surface area contributed by atoms with Gasteiger partial charge >= 0.3 is 11.9 Å². The highest BCUT2D eigenvalue weighted by atomic mass is 35.5. The van der Waals surface area contributed by atoms with E-state index < -0.39 is 17.5 Å². The van der Waals surface area contributed by atoms with Crippen LogP contribution in [0.5, 0.6) is 0 Å². The third-order valence-corrected chi connectivity index (χ3v) is 5.34. The lowest BCUT2D eigenvalue weighted by atomic mass is 10.4. The van der Waals surface area contributed by atoms with E-state index in [1.807, 2.05) is 13.8 Å². The number of nitrogens with one attached hydrogen (secondary N) is 2. The minimum atomic E-state index is -0.519. The molecule has 0 bridgehead atoms. The van der Waals surface area contributed by atoms with Crippen LogP contribution in [0.25, 0.3) is 0 Å². The van der Waals surface area contributed by atoms with Gasteiger partial charge in [-0.2, -0.15) is 0 Å². The van der Waals surface area contributed by atoms with Gasteiger partial charge in [0.05, 0.1) is 19.4 Å². The molecule has 0 aromatic carbocycles. The summed E-state index contributed by atoms with van der Waals surface area (Å²) in [4.78, 5) is 54.9. The molecular weight excluding hydrogens is 560 g/mol. The molecule has 0 fully saturated rings. The number of ether oxygens (including phenoxy) is 4. The Hall–Kier alpha value is -3.49. The summed E-state index contributed by atoms with van der Waals surface area (Å²) in [5.74, 6) is -0.577. The van der Waals surface area contributed by atoms with Crippen molar-refractivity contribution in [1.82, 2.24) is 19.1 Å². The number of halogens is 1. The molecule has 2 heterocycles. The summed E-state index contributed by atoms with van der Waals surface area (Å²) in [6.07, 6.45) is 5.79. The molecule has 2 aromatic heterocycles. The van der Waals surface area contributed by atoms with Crippen LogP contribution >= 0.6 is 11.6 Å². The van der Waals surface area contributed by atoms with Crippen LogP contribution in [0.1, 0.15) is 40.5 Å². The maximum atomic E-state index is 12.2. The highest BCUT2D eigenvalue weighted by Gasteiger charge is 2.13. The number of hydrogen-bond acceptors (Lipinski definition) is 12. The van der Waals surface area contributed by atoms with Gasteiger partial charge in [-0.25, -0.2) is 9.97 Å². The summed E-state index contributed by atoms with van der Waals surface area (Å²) in [6.45, 7) is 11.2. The first kappa shape index (κ1) is 35.5. The smallest absolute Gasteiger partial charge is 0.326 e. The fourth-order valence-corrected chi connectivity index (χ4v) is 3.35. The van der Waals surface area contributed by atoms with Gasteiger partial charge in [-0.3, -0.25) is 28.3 Å². The standard InChI is InChI=1S/C13H20ClN3O4.C13H21N3O4/c1-3-20-7-5-6-15-12-13(19)17(10(14)8-16-12)9-11(18)21-4-2;1-3-19-9-5-6-14-12-13(18)16(8-7-15-12)10-11(17)20-4-2/h8H,3-7,9H2,1-2H3,(H,15,16);7-8H,3-6,9-10H2,1-2H3,(H,14,15). The van der Waals surface area contributed by atoms with Crippen LogP contribution in [0, 0.1) is 0 Å². The van der Waals surface area contributed by atoms with E-state index in [0.717, 1.165) is 17.4 Å². The van der Waals surface area contributed by atoms with Gasteiger partial charge in [0.2, 0.25) is 0 Å². The molecule has 2 aromatic rings. The highest BCUT2D eigenvalue weighted by molar-refractivity contribution is 6.29. The summed E-state index contributed by atoms with van der Waals surface area (Å²) in [6, 6.07) is 0. The number of aromatic nitrogens is 4. The number of hydrogen-bond donors (Lipinski definition) is 2. The van der Waals surface area contributed by atoms with Gasteiger partial charge in [0.25, 0.3) is 11.1 Å². The molecule has 0 radical (unpaired) electrons. The summed E-state index contributed by atoms with van der Waals surface area (Å²) in [5, 5.41) is 5.94. The first-order valence-electron chi connectivity index (χ1n) is 13.5. The van der Waals surface area contributed by atoms with E-state index in [1.165, 1.54) is 23.2 Å². The Bertz CT molecular complexity index is 1170. The quantitative estimate of drug-likeness (QED) is 0.189. The number of carbonyl (C=O) groups is 2. The van der Waals surface area contributed by atoms with Gasteiger partial charge in [-0.1, -0.05) is 11.6 Å². The Labute approximate surface area is 244 Å². The third kappa shape index (κ3) is 14.1. The molecule has 0 spiro atoms. The van der Waals surface area contributed by atoms with Crippen molar-refractivity contribution < 1.29 is 28.5 Å². The number of esters is 2. The second kappa shape index (κ2) is 21.3. The van der Waals surface area contributed by atoms with Gasteiger partial charge in [-0.15, -0.1) is 0 Å². The van der Waals surface area contributed by atoms with E-state index in [4.69, 9.17) is 30.5 Å². The molecule has 230 valence electrons. The molecule has 0 saturated heterocycles. The Morgan fingerprint density at radius 3 is 1.88 bits per heavy atom. The highest BCUT2D eigenvalue weighted by Crippen LogP contribution is 2.07. The second-order valence-electron chi connectivity index (χ2n) is 8.09. The van der Waals surface area contributed by atoms with Crippen LogP contribution in [-0.4, -0.2) is 83.8 Å². The fraction of sp³-hybridized carbons (Fsp3) is 0.615. The van der Waals surface area contributed by atoms with Gasteiger partial charge < -0.3 is 29.6 Å². The predicted molar refractivity (Wildman–Crippen MR) is 154 cm³/mol. The fourth-order valence-electron chi connectivity index (χ4n) is 3.16. The Balaban J connectivity index is 0.000000410. The molecule has 0 amide bonds. The maximum absolute atomic E-state index is 12.2. The number of carbonyl (C=O) groups excluding carboxylic acids is 2. The zero-order valence-electron chi connectivity index (χ0n) is 24.2. The normalized spacial score (nSPS) is 10.4. The van der Waals surface area contributed by atoms with E-state index in [9.17, 15) is 19.2 Å². The van der Waals surface area contributed by atoms with Crippen molar-refractivity contribution in [3.05, 3.63) is 44.5 Å². The first-order valence-corrected chi connectivity index (χ1v) is 13.9. The van der Waals surface area contributed by atoms with Crippen molar-refractivity contribution in [3.63, 3.8) is 0 Å². The Morgan fingerprint density at radius 1 is 0.805 bits per heavy atom. The van der Waals surface area contributed by atoms with Crippen molar-refractivity contribution in [2.75, 3.05) is 63.4 Å². The Kier molecular flexibility index (Phi) is 18.4. The van der Waals surface area contributed by atoms with Crippen molar-refractivity contribution in [3.8, 4) is 0 Å². The summed E-state index contributed by atoms with van der Waals surface area (Å²) in [5.41, 5.74) is -0.788. The number of anilines is 2. The minimum absolute atomic E-state index is 0.0907. The number of rotatable bonds is 18. The van der Waals surface area contributed by atoms with Crippen molar-refractivity contribution in [1.29, 1.82) is 0 Å². The topological polar surface area (TPSA) is 165 Å². The largest absolute Gasteiger partial charge is 0.465 e. The molecule has 41 heavy (non-hydrogen) atoms. The molecular formula is C26H41ClN6O8. The van der Waals surface area contributed by atoms with Crippen molar-refractivity contribution in [2.45, 2.75) is 53.6 Å². The van der Waals surface area contributed by atoms with Crippen LogP contribution in [0.15, 0.2) is 28.2 Å². The molecule has 0 atom stereocenters. The molecule has 0 aliphatic rings. The molecule has 2 rings (SSSR count). The summed E-state index contributed by atoms with van der Waals surface area (Å²) < 4.78 is 22.4. The van der Waals surface area contributed by atoms with E-state index in [2.05, 4.69) is 20.6 Å². The predicted octanol–water partition coefficient (Wildman–Crippen LogP) is 1.94. The minimum Gasteiger partial charge on any atom is -0.465 e. The monoisotopic (exact) mass is 600 g/mol. The third-order valence-electron chi connectivity index (χ3n) is 5.04. The van der Waals surface area contributed by atoms with Crippen LogP contribution in [0.4, 0.5) is 11.6 Å². The molecule has 14 nitrogen and oxygen atoms in total. The van der Waals surface area contributed by atoms with Crippen LogP contribution in [-0.2, 0) is 41.6 Å². The second-order valence-corrected chi connectivity index (χ2v) is 8.48. The lowest BCUT2D eigenvalue weighted by molar-refractivity contribution is -0.144. The SMILES string of the molecule is CCOCCCNc1ncc(Cl)n(CC(=O)OCC)c1=O.CCOCCCNc1nccn(CC(=O)OCC)c1=O. The number of nitrogens with zero attached hydrogens (tertiary/aromatic N) is 4. The molecule has 0 aliphatic carbocycles. The molecule has 2 N–H and O–H groups in total. The van der Waals surface area contributed by atoms with Crippen molar-refractivity contribution >= 4 is 35.2 Å².